The highest BCUT2D eigenvalue weighted by atomic mass is 16.6. The van der Waals surface area contributed by atoms with Crippen molar-refractivity contribution in [3.63, 3.8) is 0 Å². The van der Waals surface area contributed by atoms with Crippen LogP contribution in [0.1, 0.15) is 55.9 Å². The number of aryl methyl sites for hydroxylation is 3. The summed E-state index contributed by atoms with van der Waals surface area (Å²) in [5, 5.41) is 0. The predicted octanol–water partition coefficient (Wildman–Crippen LogP) is 4.02. The first-order valence-corrected chi connectivity index (χ1v) is 9.41. The summed E-state index contributed by atoms with van der Waals surface area (Å²) in [4.78, 5) is 25.6. The largest absolute Gasteiger partial charge is 0.445 e. The molecule has 27 heavy (non-hydrogen) atoms. The molecule has 2 aliphatic rings. The zero-order valence-corrected chi connectivity index (χ0v) is 17.0. The Hall–Kier alpha value is -2.14. The monoisotopic (exact) mass is 372 g/mol. The fourth-order valence-electron chi connectivity index (χ4n) is 3.80. The Morgan fingerprint density at radius 2 is 1.78 bits per heavy atom. The van der Waals surface area contributed by atoms with Gasteiger partial charge in [-0.25, -0.2) is 4.79 Å². The molecule has 5 heteroatoms. The van der Waals surface area contributed by atoms with Gasteiger partial charge in [-0.15, -0.1) is 0 Å². The summed E-state index contributed by atoms with van der Waals surface area (Å²) in [6.07, 6.45) is 1.32. The van der Waals surface area contributed by atoms with Gasteiger partial charge in [0.2, 0.25) is 0 Å². The van der Waals surface area contributed by atoms with Gasteiger partial charge in [0.05, 0.1) is 12.0 Å². The van der Waals surface area contributed by atoms with Crippen molar-refractivity contribution in [1.82, 2.24) is 0 Å². The standard InChI is InChI=1S/C22H28O5/c1-13-10-14(2)16(15(3)11-13)17-18(26-20(24)21(4,5)6)22(27-19(17)23)8-7-9-25-12-22/h10-11H,7-9,12H2,1-6H3. The molecule has 0 bridgehead atoms. The molecular weight excluding hydrogens is 344 g/mol. The number of ether oxygens (including phenoxy) is 3. The minimum absolute atomic E-state index is 0.207. The second kappa shape index (κ2) is 6.79. The van der Waals surface area contributed by atoms with Gasteiger partial charge in [-0.2, -0.15) is 0 Å². The van der Waals surface area contributed by atoms with Gasteiger partial charge in [-0.3, -0.25) is 4.79 Å². The minimum atomic E-state index is -1.02. The lowest BCUT2D eigenvalue weighted by Crippen LogP contribution is -2.43. The fourth-order valence-corrected chi connectivity index (χ4v) is 3.80. The first kappa shape index (κ1) is 19.6. The number of esters is 2. The van der Waals surface area contributed by atoms with Crippen molar-refractivity contribution < 1.29 is 23.8 Å². The molecule has 1 saturated heterocycles. The van der Waals surface area contributed by atoms with Gasteiger partial charge < -0.3 is 14.2 Å². The first-order chi connectivity index (χ1) is 12.5. The Labute approximate surface area is 160 Å². The molecule has 0 amide bonds. The van der Waals surface area contributed by atoms with Crippen LogP contribution in [0, 0.1) is 26.2 Å². The minimum Gasteiger partial charge on any atom is -0.445 e. The SMILES string of the molecule is Cc1cc(C)c(C2=C(OC(=O)C(C)(C)C)C3(CCCOC3)OC2=O)c(C)c1. The maximum absolute atomic E-state index is 13.0. The maximum atomic E-state index is 13.0. The second-order valence-electron chi connectivity index (χ2n) is 8.66. The van der Waals surface area contributed by atoms with Crippen molar-refractivity contribution >= 4 is 17.5 Å². The van der Waals surface area contributed by atoms with Gasteiger partial charge in [0, 0.05) is 6.61 Å². The van der Waals surface area contributed by atoms with Crippen LogP contribution in [-0.2, 0) is 23.8 Å². The van der Waals surface area contributed by atoms with E-state index in [0.29, 0.717) is 24.4 Å². The van der Waals surface area contributed by atoms with Gasteiger partial charge in [0.15, 0.2) is 11.4 Å². The van der Waals surface area contributed by atoms with E-state index in [0.717, 1.165) is 28.7 Å². The molecule has 146 valence electrons. The molecule has 1 atom stereocenters. The Bertz CT molecular complexity index is 797. The lowest BCUT2D eigenvalue weighted by atomic mass is 9.88. The highest BCUT2D eigenvalue weighted by Gasteiger charge is 2.53. The molecule has 0 aromatic heterocycles. The van der Waals surface area contributed by atoms with Crippen molar-refractivity contribution in [2.24, 2.45) is 5.41 Å². The number of rotatable bonds is 2. The van der Waals surface area contributed by atoms with Crippen LogP contribution in [0.2, 0.25) is 0 Å². The molecular formula is C22H28O5. The molecule has 1 aromatic rings. The molecule has 1 unspecified atom stereocenters. The van der Waals surface area contributed by atoms with Gasteiger partial charge in [-0.05, 0) is 71.1 Å². The van der Waals surface area contributed by atoms with E-state index in [1.165, 1.54) is 0 Å². The predicted molar refractivity (Wildman–Crippen MR) is 102 cm³/mol. The molecule has 0 saturated carbocycles. The number of carbonyl (C=O) groups excluding carboxylic acids is 2. The third-order valence-corrected chi connectivity index (χ3v) is 5.07. The third kappa shape index (κ3) is 3.53. The van der Waals surface area contributed by atoms with Crippen LogP contribution in [0.3, 0.4) is 0 Å². The zero-order chi connectivity index (χ0) is 20.0. The fraction of sp³-hybridized carbons (Fsp3) is 0.545. The molecule has 0 aliphatic carbocycles. The summed E-state index contributed by atoms with van der Waals surface area (Å²) in [5.74, 6) is -0.532. The van der Waals surface area contributed by atoms with E-state index >= 15 is 0 Å². The third-order valence-electron chi connectivity index (χ3n) is 5.07. The van der Waals surface area contributed by atoms with Gasteiger partial charge >= 0.3 is 11.9 Å². The Balaban J connectivity index is 2.21. The van der Waals surface area contributed by atoms with Gasteiger partial charge in [0.25, 0.3) is 0 Å². The van der Waals surface area contributed by atoms with E-state index in [9.17, 15) is 9.59 Å². The van der Waals surface area contributed by atoms with Crippen LogP contribution in [-0.4, -0.2) is 30.8 Å². The highest BCUT2D eigenvalue weighted by molar-refractivity contribution is 6.21. The summed E-state index contributed by atoms with van der Waals surface area (Å²) >= 11 is 0. The van der Waals surface area contributed by atoms with Crippen molar-refractivity contribution in [2.75, 3.05) is 13.2 Å². The second-order valence-corrected chi connectivity index (χ2v) is 8.66. The summed E-state index contributed by atoms with van der Waals surface area (Å²) in [6, 6.07) is 4.04. The van der Waals surface area contributed by atoms with Gasteiger partial charge in [-0.1, -0.05) is 17.7 Å². The average molecular weight is 372 g/mol. The van der Waals surface area contributed by atoms with Crippen LogP contribution >= 0.6 is 0 Å². The first-order valence-electron chi connectivity index (χ1n) is 9.41. The zero-order valence-electron chi connectivity index (χ0n) is 17.0. The molecule has 1 aromatic carbocycles. The number of benzene rings is 1. The summed E-state index contributed by atoms with van der Waals surface area (Å²) in [6.45, 7) is 12.1. The Morgan fingerprint density at radius 3 is 2.30 bits per heavy atom. The molecule has 0 N–H and O–H groups in total. The number of hydrogen-bond donors (Lipinski definition) is 0. The van der Waals surface area contributed by atoms with Crippen LogP contribution in [0.4, 0.5) is 0 Å². The van der Waals surface area contributed by atoms with Crippen molar-refractivity contribution in [1.29, 1.82) is 0 Å². The summed E-state index contributed by atoms with van der Waals surface area (Å²) in [7, 11) is 0. The lowest BCUT2D eigenvalue weighted by Gasteiger charge is -2.34. The van der Waals surface area contributed by atoms with Gasteiger partial charge in [0.1, 0.15) is 5.57 Å². The van der Waals surface area contributed by atoms with Crippen LogP contribution in [0.25, 0.3) is 5.57 Å². The lowest BCUT2D eigenvalue weighted by molar-refractivity contribution is -0.167. The van der Waals surface area contributed by atoms with E-state index in [2.05, 4.69) is 0 Å². The topological polar surface area (TPSA) is 61.8 Å². The number of hydrogen-bond acceptors (Lipinski definition) is 5. The van der Waals surface area contributed by atoms with Crippen LogP contribution in [0.15, 0.2) is 17.9 Å². The van der Waals surface area contributed by atoms with E-state index in [-0.39, 0.29) is 12.6 Å². The highest BCUT2D eigenvalue weighted by Crippen LogP contribution is 2.45. The molecule has 2 heterocycles. The van der Waals surface area contributed by atoms with Crippen molar-refractivity contribution in [3.05, 3.63) is 40.1 Å². The number of carbonyl (C=O) groups is 2. The van der Waals surface area contributed by atoms with Crippen LogP contribution < -0.4 is 0 Å². The normalized spacial score (nSPS) is 23.0. The van der Waals surface area contributed by atoms with Crippen molar-refractivity contribution in [2.45, 2.75) is 60.0 Å². The average Bonchev–Trinajstić information content (AvgIpc) is 2.79. The van der Waals surface area contributed by atoms with E-state index in [1.54, 1.807) is 20.8 Å². The summed E-state index contributed by atoms with van der Waals surface area (Å²) < 4.78 is 17.3. The smallest absolute Gasteiger partial charge is 0.343 e. The summed E-state index contributed by atoms with van der Waals surface area (Å²) in [5.41, 5.74) is 2.45. The van der Waals surface area contributed by atoms with E-state index < -0.39 is 17.0 Å². The maximum Gasteiger partial charge on any atom is 0.343 e. The van der Waals surface area contributed by atoms with E-state index in [1.807, 2.05) is 32.9 Å². The molecule has 0 radical (unpaired) electrons. The van der Waals surface area contributed by atoms with Crippen molar-refractivity contribution in [3.8, 4) is 0 Å². The molecule has 1 fully saturated rings. The molecule has 2 aliphatic heterocycles. The van der Waals surface area contributed by atoms with Crippen LogP contribution in [0.5, 0.6) is 0 Å². The van der Waals surface area contributed by atoms with E-state index in [4.69, 9.17) is 14.2 Å². The molecule has 1 spiro atoms. The Morgan fingerprint density at radius 1 is 1.15 bits per heavy atom. The quantitative estimate of drug-likeness (QED) is 0.734. The Kier molecular flexibility index (Phi) is 4.93. The molecule has 5 nitrogen and oxygen atoms in total. The molecule has 3 rings (SSSR count).